The fourth-order valence-electron chi connectivity index (χ4n) is 6.66. The lowest BCUT2D eigenvalue weighted by Crippen LogP contribution is -2.65. The second-order valence-corrected chi connectivity index (χ2v) is 8.62. The summed E-state index contributed by atoms with van der Waals surface area (Å²) in [7, 11) is 0. The summed E-state index contributed by atoms with van der Waals surface area (Å²) < 4.78 is 0. The molecule has 4 unspecified atom stereocenters. The molecule has 114 valence electrons. The Balaban J connectivity index is 1.73. The van der Waals surface area contributed by atoms with Gasteiger partial charge in [-0.1, -0.05) is 50.1 Å². The maximum Gasteiger partial charge on any atom is 0.0170 e. The van der Waals surface area contributed by atoms with Crippen LogP contribution in [0.3, 0.4) is 0 Å². The van der Waals surface area contributed by atoms with E-state index in [0.717, 1.165) is 5.92 Å². The molecule has 4 saturated carbocycles. The van der Waals surface area contributed by atoms with Gasteiger partial charge in [0.1, 0.15) is 0 Å². The molecule has 0 spiro atoms. The normalized spacial score (nSPS) is 44.2. The van der Waals surface area contributed by atoms with Gasteiger partial charge in [-0.15, -0.1) is 0 Å². The van der Waals surface area contributed by atoms with Gasteiger partial charge in [0.2, 0.25) is 0 Å². The van der Waals surface area contributed by atoms with Gasteiger partial charge in [-0.25, -0.2) is 0 Å². The first-order valence-electron chi connectivity index (χ1n) is 8.92. The highest BCUT2D eigenvalue weighted by Crippen LogP contribution is 2.67. The molecule has 4 aliphatic carbocycles. The van der Waals surface area contributed by atoms with E-state index in [1.54, 1.807) is 5.56 Å². The standard InChI is InChI=1S/C20H29N/c1-2-3-9-18-10-16-11-19(13-18,15-20(21,12-16)14-18)17-7-5-4-6-8-17/h4-8,16H,2-3,9-15,21H2,1H3. The second kappa shape index (κ2) is 4.59. The number of hydrogen-bond acceptors (Lipinski definition) is 1. The molecule has 1 heteroatoms. The highest BCUT2D eigenvalue weighted by molar-refractivity contribution is 5.32. The minimum absolute atomic E-state index is 0.128. The summed E-state index contributed by atoms with van der Waals surface area (Å²) in [5, 5.41) is 0. The van der Waals surface area contributed by atoms with Gasteiger partial charge in [-0.3, -0.25) is 0 Å². The smallest absolute Gasteiger partial charge is 0.0170 e. The quantitative estimate of drug-likeness (QED) is 0.844. The zero-order valence-corrected chi connectivity index (χ0v) is 13.4. The highest BCUT2D eigenvalue weighted by Gasteiger charge is 2.61. The van der Waals surface area contributed by atoms with Gasteiger partial charge in [0.05, 0.1) is 0 Å². The van der Waals surface area contributed by atoms with Gasteiger partial charge in [0.15, 0.2) is 0 Å². The number of nitrogens with two attached hydrogens (primary N) is 1. The molecule has 21 heavy (non-hydrogen) atoms. The van der Waals surface area contributed by atoms with Crippen molar-refractivity contribution in [2.45, 2.75) is 75.7 Å². The Bertz CT molecular complexity index is 524. The predicted octanol–water partition coefficient (Wildman–Crippen LogP) is 4.80. The third kappa shape index (κ3) is 2.16. The highest BCUT2D eigenvalue weighted by atomic mass is 14.8. The van der Waals surface area contributed by atoms with E-state index in [1.165, 1.54) is 57.8 Å². The zero-order chi connectivity index (χ0) is 14.6. The monoisotopic (exact) mass is 283 g/mol. The summed E-state index contributed by atoms with van der Waals surface area (Å²) in [5.74, 6) is 0.878. The minimum Gasteiger partial charge on any atom is -0.325 e. The Hall–Kier alpha value is -0.820. The van der Waals surface area contributed by atoms with Gasteiger partial charge >= 0.3 is 0 Å². The van der Waals surface area contributed by atoms with Gasteiger partial charge < -0.3 is 5.73 Å². The second-order valence-electron chi connectivity index (χ2n) is 8.62. The molecule has 4 atom stereocenters. The molecule has 5 rings (SSSR count). The van der Waals surface area contributed by atoms with Crippen LogP contribution in [0.15, 0.2) is 30.3 Å². The van der Waals surface area contributed by atoms with Crippen LogP contribution >= 0.6 is 0 Å². The van der Waals surface area contributed by atoms with Crippen molar-refractivity contribution in [2.24, 2.45) is 17.1 Å². The van der Waals surface area contributed by atoms with Crippen LogP contribution < -0.4 is 5.73 Å². The van der Waals surface area contributed by atoms with Crippen molar-refractivity contribution in [1.29, 1.82) is 0 Å². The Morgan fingerprint density at radius 2 is 1.86 bits per heavy atom. The van der Waals surface area contributed by atoms with Crippen LogP contribution in [-0.4, -0.2) is 5.54 Å². The van der Waals surface area contributed by atoms with Gasteiger partial charge in [-0.2, -0.15) is 0 Å². The first-order chi connectivity index (χ1) is 10.1. The van der Waals surface area contributed by atoms with E-state index < -0.39 is 0 Å². The summed E-state index contributed by atoms with van der Waals surface area (Å²) in [6.07, 6.45) is 12.2. The van der Waals surface area contributed by atoms with Crippen molar-refractivity contribution in [3.8, 4) is 0 Å². The molecule has 0 radical (unpaired) electrons. The number of hydrogen-bond donors (Lipinski definition) is 1. The molecule has 0 aromatic heterocycles. The van der Waals surface area contributed by atoms with E-state index in [0.29, 0.717) is 10.8 Å². The maximum absolute atomic E-state index is 6.90. The lowest BCUT2D eigenvalue weighted by atomic mass is 9.40. The molecule has 0 saturated heterocycles. The van der Waals surface area contributed by atoms with Gasteiger partial charge in [0, 0.05) is 5.54 Å². The van der Waals surface area contributed by atoms with Gasteiger partial charge in [-0.05, 0) is 67.3 Å². The van der Waals surface area contributed by atoms with Crippen molar-refractivity contribution in [1.82, 2.24) is 0 Å². The Kier molecular flexibility index (Phi) is 3.02. The molecule has 0 heterocycles. The SMILES string of the molecule is CCCCC12CC3CC(N)(C1)CC(c1ccccc1)(C3)C2. The lowest BCUT2D eigenvalue weighted by molar-refractivity contribution is -0.0899. The molecule has 4 aliphatic rings. The largest absolute Gasteiger partial charge is 0.325 e. The molecule has 1 aromatic rings. The minimum atomic E-state index is 0.128. The van der Waals surface area contributed by atoms with Crippen LogP contribution in [0, 0.1) is 11.3 Å². The molecule has 0 amide bonds. The lowest BCUT2D eigenvalue weighted by Gasteiger charge is -2.66. The van der Waals surface area contributed by atoms with Crippen LogP contribution in [0.2, 0.25) is 0 Å². The predicted molar refractivity (Wildman–Crippen MR) is 88.2 cm³/mol. The van der Waals surface area contributed by atoms with Crippen LogP contribution in [0.25, 0.3) is 0 Å². The van der Waals surface area contributed by atoms with Crippen molar-refractivity contribution in [3.05, 3.63) is 35.9 Å². The van der Waals surface area contributed by atoms with E-state index >= 15 is 0 Å². The molecule has 1 nitrogen and oxygen atoms in total. The average molecular weight is 283 g/mol. The Morgan fingerprint density at radius 1 is 1.05 bits per heavy atom. The number of benzene rings is 1. The molecule has 1 aromatic carbocycles. The third-order valence-electron chi connectivity index (χ3n) is 6.67. The number of rotatable bonds is 4. The molecule has 0 aliphatic heterocycles. The third-order valence-corrected chi connectivity index (χ3v) is 6.67. The average Bonchev–Trinajstić information content (AvgIpc) is 2.44. The summed E-state index contributed by atoms with van der Waals surface area (Å²) in [6.45, 7) is 2.33. The van der Waals surface area contributed by atoms with Crippen LogP contribution in [0.5, 0.6) is 0 Å². The van der Waals surface area contributed by atoms with Gasteiger partial charge in [0.25, 0.3) is 0 Å². The summed E-state index contributed by atoms with van der Waals surface area (Å²) >= 11 is 0. The zero-order valence-electron chi connectivity index (χ0n) is 13.4. The Morgan fingerprint density at radius 3 is 2.57 bits per heavy atom. The topological polar surface area (TPSA) is 26.0 Å². The van der Waals surface area contributed by atoms with Crippen LogP contribution in [-0.2, 0) is 5.41 Å². The van der Waals surface area contributed by atoms with E-state index in [9.17, 15) is 0 Å². The van der Waals surface area contributed by atoms with E-state index in [-0.39, 0.29) is 5.54 Å². The summed E-state index contributed by atoms with van der Waals surface area (Å²) in [5.41, 5.74) is 9.55. The fourth-order valence-corrected chi connectivity index (χ4v) is 6.66. The molecule has 4 fully saturated rings. The maximum atomic E-state index is 6.90. The van der Waals surface area contributed by atoms with Crippen molar-refractivity contribution in [2.75, 3.05) is 0 Å². The van der Waals surface area contributed by atoms with E-state index in [4.69, 9.17) is 5.73 Å². The first kappa shape index (κ1) is 13.8. The van der Waals surface area contributed by atoms with Crippen molar-refractivity contribution in [3.63, 3.8) is 0 Å². The van der Waals surface area contributed by atoms with Crippen LogP contribution in [0.1, 0.15) is 70.3 Å². The van der Waals surface area contributed by atoms with Crippen LogP contribution in [0.4, 0.5) is 0 Å². The molecule has 2 N–H and O–H groups in total. The number of unbranched alkanes of at least 4 members (excludes halogenated alkanes) is 1. The Labute approximate surface area is 129 Å². The molecule has 4 bridgehead atoms. The van der Waals surface area contributed by atoms with E-state index in [2.05, 4.69) is 37.3 Å². The van der Waals surface area contributed by atoms with Crippen molar-refractivity contribution < 1.29 is 0 Å². The molecular formula is C20H29N. The summed E-state index contributed by atoms with van der Waals surface area (Å²) in [4.78, 5) is 0. The molecular weight excluding hydrogens is 254 g/mol. The van der Waals surface area contributed by atoms with Crippen molar-refractivity contribution >= 4 is 0 Å². The fraction of sp³-hybridized carbons (Fsp3) is 0.700. The first-order valence-corrected chi connectivity index (χ1v) is 8.92. The van der Waals surface area contributed by atoms with E-state index in [1.807, 2.05) is 0 Å². The summed E-state index contributed by atoms with van der Waals surface area (Å²) in [6, 6.07) is 11.3.